The molecular weight excluding hydrogens is 701 g/mol. The van der Waals surface area contributed by atoms with Gasteiger partial charge in [0.1, 0.15) is 5.75 Å². The standard InChI is InChI=1S/C35H24N5O.Pt/c1-21-7-5-8-22(2)35(21)26-17-29(38-31(18-26)27-19-32-33(20-34(27)41)37-14-13-36-32)23-10-6-11-24(15-23)30-16-25-9-3-4-12-28(25)39-40-30;/h3-14,16-20,41H,1-2H3;/q-1;. The van der Waals surface area contributed by atoms with Crippen LogP contribution < -0.4 is 0 Å². The Bertz CT molecular complexity index is 2090. The maximum absolute atomic E-state index is 11.0. The van der Waals surface area contributed by atoms with Crippen LogP contribution in [-0.2, 0) is 21.1 Å². The van der Waals surface area contributed by atoms with E-state index in [0.717, 1.165) is 55.7 Å². The maximum Gasteiger partial charge on any atom is 0.127 e. The molecule has 0 radical (unpaired) electrons. The van der Waals surface area contributed by atoms with Gasteiger partial charge in [0.15, 0.2) is 0 Å². The van der Waals surface area contributed by atoms with Gasteiger partial charge in [-0.15, -0.1) is 24.3 Å². The van der Waals surface area contributed by atoms with E-state index in [4.69, 9.17) is 4.98 Å². The molecule has 42 heavy (non-hydrogen) atoms. The first-order valence-electron chi connectivity index (χ1n) is 13.3. The second kappa shape index (κ2) is 11.2. The summed E-state index contributed by atoms with van der Waals surface area (Å²) in [6, 6.07) is 33.3. The van der Waals surface area contributed by atoms with Gasteiger partial charge in [0, 0.05) is 56.5 Å². The van der Waals surface area contributed by atoms with Crippen molar-refractivity contribution in [3.05, 3.63) is 121 Å². The summed E-state index contributed by atoms with van der Waals surface area (Å²) >= 11 is 0. The third-order valence-corrected chi connectivity index (χ3v) is 7.30. The van der Waals surface area contributed by atoms with Crippen molar-refractivity contribution in [1.82, 2.24) is 25.1 Å². The molecule has 6 nitrogen and oxygen atoms in total. The van der Waals surface area contributed by atoms with Gasteiger partial charge in [-0.05, 0) is 59.7 Å². The number of aromatic hydroxyl groups is 1. The topological polar surface area (TPSA) is 84.7 Å². The van der Waals surface area contributed by atoms with Crippen molar-refractivity contribution in [2.24, 2.45) is 0 Å². The van der Waals surface area contributed by atoms with Gasteiger partial charge in [0.05, 0.1) is 22.2 Å². The van der Waals surface area contributed by atoms with E-state index in [0.29, 0.717) is 22.3 Å². The minimum atomic E-state index is 0. The van der Waals surface area contributed by atoms with Crippen molar-refractivity contribution in [3.8, 4) is 50.6 Å². The Morgan fingerprint density at radius 1 is 0.619 bits per heavy atom. The molecule has 7 heteroatoms. The summed E-state index contributed by atoms with van der Waals surface area (Å²) in [6.45, 7) is 4.21. The summed E-state index contributed by atoms with van der Waals surface area (Å²) in [6.07, 6.45) is 3.26. The quantitative estimate of drug-likeness (QED) is 0.187. The summed E-state index contributed by atoms with van der Waals surface area (Å²) in [7, 11) is 0. The number of pyridine rings is 1. The van der Waals surface area contributed by atoms with E-state index in [1.165, 1.54) is 0 Å². The molecule has 0 saturated carbocycles. The monoisotopic (exact) mass is 725 g/mol. The zero-order valence-corrected chi connectivity index (χ0v) is 25.1. The van der Waals surface area contributed by atoms with Gasteiger partial charge in [0.2, 0.25) is 0 Å². The fraction of sp³-hybridized carbons (Fsp3) is 0.0571. The second-order valence-electron chi connectivity index (χ2n) is 10.1. The van der Waals surface area contributed by atoms with Gasteiger partial charge in [-0.25, -0.2) is 0 Å². The molecule has 0 atom stereocenters. The normalized spacial score (nSPS) is 11.0. The largest absolute Gasteiger partial charge is 0.507 e. The number of hydrogen-bond donors (Lipinski definition) is 1. The smallest absolute Gasteiger partial charge is 0.127 e. The molecule has 1 N–H and O–H groups in total. The number of aromatic nitrogens is 5. The molecule has 0 fully saturated rings. The number of phenolic OH excluding ortho intramolecular Hbond substituents is 1. The first kappa shape index (κ1) is 27.4. The van der Waals surface area contributed by atoms with Gasteiger partial charge in [-0.3, -0.25) is 15.0 Å². The van der Waals surface area contributed by atoms with Crippen LogP contribution in [0.15, 0.2) is 103 Å². The van der Waals surface area contributed by atoms with Crippen LogP contribution in [0.25, 0.3) is 66.8 Å². The predicted octanol–water partition coefficient (Wildman–Crippen LogP) is 7.76. The fourth-order valence-electron chi connectivity index (χ4n) is 5.31. The predicted molar refractivity (Wildman–Crippen MR) is 162 cm³/mol. The summed E-state index contributed by atoms with van der Waals surface area (Å²) in [4.78, 5) is 13.8. The molecule has 3 aromatic heterocycles. The average Bonchev–Trinajstić information content (AvgIpc) is 3.00. The minimum Gasteiger partial charge on any atom is -0.507 e. The number of rotatable bonds is 4. The molecular formula is C35H24N5OPt-. The van der Waals surface area contributed by atoms with Gasteiger partial charge >= 0.3 is 0 Å². The van der Waals surface area contributed by atoms with Crippen LogP contribution >= 0.6 is 0 Å². The molecule has 0 bridgehead atoms. The molecule has 0 aliphatic rings. The number of hydrogen-bond acceptors (Lipinski definition) is 6. The number of phenols is 1. The molecule has 0 aliphatic heterocycles. The third kappa shape index (κ3) is 5.06. The van der Waals surface area contributed by atoms with Gasteiger partial charge < -0.3 is 5.11 Å². The van der Waals surface area contributed by atoms with E-state index >= 15 is 0 Å². The molecule has 0 amide bonds. The van der Waals surface area contributed by atoms with E-state index in [-0.39, 0.29) is 26.8 Å². The minimum absolute atomic E-state index is 0. The molecule has 0 spiro atoms. The van der Waals surface area contributed by atoms with E-state index < -0.39 is 0 Å². The van der Waals surface area contributed by atoms with Crippen molar-refractivity contribution >= 4 is 21.9 Å². The Labute approximate surface area is 257 Å². The van der Waals surface area contributed by atoms with Crippen molar-refractivity contribution in [3.63, 3.8) is 0 Å². The van der Waals surface area contributed by atoms with Crippen molar-refractivity contribution in [2.45, 2.75) is 13.8 Å². The van der Waals surface area contributed by atoms with Crippen LogP contribution in [0.5, 0.6) is 5.75 Å². The van der Waals surface area contributed by atoms with E-state index in [2.05, 4.69) is 64.3 Å². The summed E-state index contributed by atoms with van der Waals surface area (Å²) in [5.41, 5.74) is 10.9. The first-order valence-corrected chi connectivity index (χ1v) is 13.3. The van der Waals surface area contributed by atoms with E-state index in [1.54, 1.807) is 18.5 Å². The van der Waals surface area contributed by atoms with Crippen LogP contribution in [0.4, 0.5) is 0 Å². The van der Waals surface area contributed by atoms with E-state index in [1.807, 2.05) is 60.7 Å². The van der Waals surface area contributed by atoms with E-state index in [9.17, 15) is 5.11 Å². The molecule has 7 rings (SSSR count). The van der Waals surface area contributed by atoms with Crippen LogP contribution in [0.2, 0.25) is 0 Å². The van der Waals surface area contributed by atoms with Crippen molar-refractivity contribution < 1.29 is 26.2 Å². The zero-order chi connectivity index (χ0) is 27.9. The third-order valence-electron chi connectivity index (χ3n) is 7.30. The SMILES string of the molecule is Cc1cccc(C)c1-c1cc(-c2[c-]c(-c3cc4ccccc4nn3)ccc2)nc(-c2cc3nccnc3cc2O)c1.[Pt]. The second-order valence-corrected chi connectivity index (χ2v) is 10.1. The van der Waals surface area contributed by atoms with Crippen LogP contribution in [0, 0.1) is 19.9 Å². The molecule has 3 heterocycles. The molecule has 0 saturated heterocycles. The van der Waals surface area contributed by atoms with Crippen molar-refractivity contribution in [2.75, 3.05) is 0 Å². The Morgan fingerprint density at radius 2 is 1.29 bits per heavy atom. The maximum atomic E-state index is 11.0. The average molecular weight is 726 g/mol. The molecule has 7 aromatic rings. The molecule has 0 unspecified atom stereocenters. The van der Waals surface area contributed by atoms with Gasteiger partial charge in [0.25, 0.3) is 0 Å². The molecule has 206 valence electrons. The summed E-state index contributed by atoms with van der Waals surface area (Å²) in [5, 5.41) is 20.9. The Hall–Kier alpha value is -4.80. The summed E-state index contributed by atoms with van der Waals surface area (Å²) < 4.78 is 0. The molecule has 4 aromatic carbocycles. The zero-order valence-electron chi connectivity index (χ0n) is 22.8. The van der Waals surface area contributed by atoms with Crippen LogP contribution in [-0.4, -0.2) is 30.3 Å². The number of benzene rings is 4. The van der Waals surface area contributed by atoms with Crippen LogP contribution in [0.1, 0.15) is 11.1 Å². The Balaban J connectivity index is 0.00000316. The summed E-state index contributed by atoms with van der Waals surface area (Å²) in [5.74, 6) is 0.0965. The molecule has 0 aliphatic carbocycles. The van der Waals surface area contributed by atoms with Gasteiger partial charge in [-0.1, -0.05) is 59.7 Å². The van der Waals surface area contributed by atoms with Crippen LogP contribution in [0.3, 0.4) is 0 Å². The fourth-order valence-corrected chi connectivity index (χ4v) is 5.31. The Morgan fingerprint density at radius 3 is 2.07 bits per heavy atom. The van der Waals surface area contributed by atoms with Gasteiger partial charge in [-0.2, -0.15) is 10.2 Å². The Kier molecular flexibility index (Phi) is 7.32. The first-order chi connectivity index (χ1) is 20.0. The number of nitrogens with zero attached hydrogens (tertiary/aromatic N) is 5. The van der Waals surface area contributed by atoms with Crippen molar-refractivity contribution in [1.29, 1.82) is 0 Å². The number of aryl methyl sites for hydroxylation is 2. The number of fused-ring (bicyclic) bond motifs is 2.